The molecule has 0 unspecified atom stereocenters. The zero-order chi connectivity index (χ0) is 4.71. The molecule has 0 aromatic carbocycles. The van der Waals surface area contributed by atoms with Crippen LogP contribution in [0.5, 0.6) is 0 Å². The van der Waals surface area contributed by atoms with Gasteiger partial charge in [0.25, 0.3) is 0 Å². The van der Waals surface area contributed by atoms with Crippen molar-refractivity contribution in [1.29, 1.82) is 0 Å². The summed E-state index contributed by atoms with van der Waals surface area (Å²) in [6.07, 6.45) is 0. The molecule has 0 bridgehead atoms. The van der Waals surface area contributed by atoms with Gasteiger partial charge in [-0.05, 0) is 0 Å². The Morgan fingerprint density at radius 1 is 1.20 bits per heavy atom. The summed E-state index contributed by atoms with van der Waals surface area (Å²) in [7, 11) is 0.628. The van der Waals surface area contributed by atoms with Crippen molar-refractivity contribution in [2.75, 3.05) is 0 Å². The molecule has 0 aliphatic carbocycles. The van der Waals surface area contributed by atoms with E-state index in [1.54, 1.807) is 0 Å². The van der Waals surface area contributed by atoms with E-state index >= 15 is 0 Å². The zero-order valence-corrected chi connectivity index (χ0v) is 10.2. The van der Waals surface area contributed by atoms with Gasteiger partial charge < -0.3 is 22.6 Å². The van der Waals surface area contributed by atoms with Crippen molar-refractivity contribution in [2.24, 2.45) is 0 Å². The third kappa shape index (κ3) is 20.1. The number of hydrogen-bond acceptors (Lipinski definition) is 0. The average molecular weight is 446 g/mol. The van der Waals surface area contributed by atoms with Crippen molar-refractivity contribution in [1.82, 2.24) is 0 Å². The number of hydrogen-bond donors (Lipinski definition) is 0. The van der Waals surface area contributed by atoms with Gasteiger partial charge in [0.15, 0.2) is 0 Å². The molecule has 0 atom stereocenters. The Bertz CT molecular complexity index is 6.85. The van der Waals surface area contributed by atoms with Crippen LogP contribution in [0.25, 0.3) is 0 Å². The molecule has 0 aliphatic rings. The Hall–Kier alpha value is 2.77. The minimum absolute atomic E-state index is 0.628. The third-order valence-corrected chi connectivity index (χ3v) is 0. The van der Waals surface area contributed by atoms with Crippen LogP contribution < -0.4 is 0 Å². The van der Waals surface area contributed by atoms with Crippen molar-refractivity contribution in [2.45, 2.75) is 0 Å². The fraction of sp³-hybridized carbons (Fsp3) is 0. The zero-order valence-electron chi connectivity index (χ0n) is 2.29. The van der Waals surface area contributed by atoms with E-state index in [2.05, 4.69) is 44.9 Å². The summed E-state index contributed by atoms with van der Waals surface area (Å²) in [6.45, 7) is 0. The molecule has 0 aromatic rings. The molecule has 0 aromatic heterocycles. The monoisotopic (exact) mass is 446 g/mol. The molecule has 5 heavy (non-hydrogen) atoms. The second-order valence-corrected chi connectivity index (χ2v) is 11.9. The van der Waals surface area contributed by atoms with E-state index in [0.29, 0.717) is 9.47 Å². The standard InChI is InChI=1S/CH2I.2HI.V/c1-2;;;/h1H2;2*1H;/q-1;;;+2/p-2. The number of halogens is 3. The molecule has 0 radical (unpaired) electrons. The Balaban J connectivity index is 0. The van der Waals surface area contributed by atoms with E-state index in [-0.39, 0.29) is 0 Å². The molecule has 0 heterocycles. The Morgan fingerprint density at radius 3 is 1.20 bits per heavy atom. The topological polar surface area (TPSA) is 0 Å². The first-order valence-corrected chi connectivity index (χ1v) is 11.1. The fourth-order valence-corrected chi connectivity index (χ4v) is 0. The van der Waals surface area contributed by atoms with Gasteiger partial charge in [0.05, 0.1) is 0 Å². The Labute approximate surface area is 75.2 Å². The molecule has 33 valence electrons. The van der Waals surface area contributed by atoms with E-state index in [9.17, 15) is 0 Å². The first-order valence-electron chi connectivity index (χ1n) is 0.605. The third-order valence-electron chi connectivity index (χ3n) is 0. The summed E-state index contributed by atoms with van der Waals surface area (Å²) in [6, 6.07) is 0. The van der Waals surface area contributed by atoms with Gasteiger partial charge in [0.1, 0.15) is 0 Å². The summed E-state index contributed by atoms with van der Waals surface area (Å²) in [5.74, 6) is 0. The maximum atomic E-state index is 3.22. The average Bonchev–Trinajstić information content (AvgIpc) is 1.46. The van der Waals surface area contributed by atoms with Crippen LogP contribution in [0.2, 0.25) is 0 Å². The van der Waals surface area contributed by atoms with Gasteiger partial charge in [-0.3, -0.25) is 4.93 Å². The molecule has 0 aliphatic heterocycles. The van der Waals surface area contributed by atoms with Crippen LogP contribution in [-0.2, 0) is 9.47 Å². The van der Waals surface area contributed by atoms with Gasteiger partial charge in [0.2, 0.25) is 0 Å². The molecular weight excluding hydrogens is 444 g/mol. The molecular formula is CH2I3V-. The summed E-state index contributed by atoms with van der Waals surface area (Å²) in [5, 5.41) is 0. The summed E-state index contributed by atoms with van der Waals surface area (Å²) >= 11 is 6.64. The van der Waals surface area contributed by atoms with Gasteiger partial charge in [-0.1, -0.05) is 0 Å². The Kier molecular flexibility index (Phi) is 33.9. The fourth-order valence-electron chi connectivity index (χ4n) is 0. The van der Waals surface area contributed by atoms with E-state index in [0.717, 1.165) is 0 Å². The van der Waals surface area contributed by atoms with Crippen LogP contribution in [0.15, 0.2) is 0 Å². The van der Waals surface area contributed by atoms with Gasteiger partial charge in [-0.15, -0.1) is 0 Å². The maximum absolute atomic E-state index is 3.22. The van der Waals surface area contributed by atoms with E-state index in [4.69, 9.17) is 0 Å². The van der Waals surface area contributed by atoms with E-state index in [1.807, 2.05) is 22.6 Å². The summed E-state index contributed by atoms with van der Waals surface area (Å²) < 4.78 is 0. The summed E-state index contributed by atoms with van der Waals surface area (Å²) in [4.78, 5) is 3.22. The summed E-state index contributed by atoms with van der Waals surface area (Å²) in [5.41, 5.74) is 0. The van der Waals surface area contributed by atoms with E-state index in [1.165, 1.54) is 0 Å². The van der Waals surface area contributed by atoms with Crippen molar-refractivity contribution in [3.63, 3.8) is 0 Å². The van der Waals surface area contributed by atoms with E-state index < -0.39 is 0 Å². The van der Waals surface area contributed by atoms with Crippen molar-refractivity contribution < 1.29 is 9.47 Å². The van der Waals surface area contributed by atoms with Crippen LogP contribution in [-0.4, -0.2) is 0 Å². The van der Waals surface area contributed by atoms with Crippen molar-refractivity contribution in [3.8, 4) is 0 Å². The van der Waals surface area contributed by atoms with Crippen molar-refractivity contribution in [3.05, 3.63) is 4.93 Å². The molecule has 0 saturated heterocycles. The van der Waals surface area contributed by atoms with Crippen LogP contribution in [0.4, 0.5) is 0 Å². The quantitative estimate of drug-likeness (QED) is 0.397. The minimum atomic E-state index is 0.628. The van der Waals surface area contributed by atoms with Crippen LogP contribution in [0, 0.1) is 4.93 Å². The Morgan fingerprint density at radius 2 is 1.20 bits per heavy atom. The molecule has 0 N–H and O–H groups in total. The van der Waals surface area contributed by atoms with Crippen LogP contribution in [0.3, 0.4) is 0 Å². The van der Waals surface area contributed by atoms with Crippen LogP contribution in [0.1, 0.15) is 0 Å². The molecule has 0 spiro atoms. The molecule has 0 amide bonds. The molecule has 0 fully saturated rings. The SMILES string of the molecule is [CH2-]I.[I][V][I]. The van der Waals surface area contributed by atoms with Crippen molar-refractivity contribution >= 4 is 62.5 Å². The molecule has 0 rings (SSSR count). The molecule has 0 saturated carbocycles. The normalized spacial score (nSPS) is 4.00. The van der Waals surface area contributed by atoms with Gasteiger partial charge >= 0.3 is 49.4 Å². The molecule has 4 heteroatoms. The van der Waals surface area contributed by atoms with Gasteiger partial charge in [-0.2, -0.15) is 0 Å². The molecule has 0 nitrogen and oxygen atoms in total. The first kappa shape index (κ1) is 10.7. The predicted octanol–water partition coefficient (Wildman–Crippen LogP) is 2.98. The van der Waals surface area contributed by atoms with Crippen LogP contribution >= 0.6 is 62.5 Å². The van der Waals surface area contributed by atoms with Gasteiger partial charge in [0, 0.05) is 0 Å². The number of rotatable bonds is 0. The van der Waals surface area contributed by atoms with Gasteiger partial charge in [-0.25, -0.2) is 0 Å². The second-order valence-electron chi connectivity index (χ2n) is 0.0639. The predicted molar refractivity (Wildman–Crippen MR) is 47.4 cm³/mol. The second kappa shape index (κ2) is 15.9. The first-order chi connectivity index (χ1) is 2.41.